The first kappa shape index (κ1) is 8.59. The lowest BCUT2D eigenvalue weighted by Crippen LogP contribution is -1.84. The fourth-order valence-corrected chi connectivity index (χ4v) is 2.46. The van der Waals surface area contributed by atoms with E-state index in [1.54, 1.807) is 32.1 Å². The van der Waals surface area contributed by atoms with E-state index in [0.717, 1.165) is 17.8 Å². The van der Waals surface area contributed by atoms with Crippen LogP contribution in [0.1, 0.15) is 58.3 Å². The first-order valence-corrected chi connectivity index (χ1v) is 5.90. The summed E-state index contributed by atoms with van der Waals surface area (Å²) in [4.78, 5) is 0. The van der Waals surface area contributed by atoms with E-state index in [2.05, 4.69) is 6.92 Å². The lowest BCUT2D eigenvalue weighted by atomic mass is 10.1. The molecule has 12 heavy (non-hydrogen) atoms. The normalized spacial score (nSPS) is 33.8. The lowest BCUT2D eigenvalue weighted by Gasteiger charge is -1.98. The number of hydrogen-bond donors (Lipinski definition) is 0. The van der Waals surface area contributed by atoms with Gasteiger partial charge in [-0.1, -0.05) is 51.9 Å². The SMILES string of the molecule is CCC[C@H]1C[C@@H]1CCCC1CC1. The maximum atomic E-state index is 2.32. The predicted octanol–water partition coefficient (Wildman–Crippen LogP) is 4.00. The van der Waals surface area contributed by atoms with E-state index in [9.17, 15) is 0 Å². The summed E-state index contributed by atoms with van der Waals surface area (Å²) in [5, 5.41) is 0. The highest BCUT2D eigenvalue weighted by Gasteiger charge is 2.35. The van der Waals surface area contributed by atoms with Crippen molar-refractivity contribution in [2.75, 3.05) is 0 Å². The molecule has 2 aliphatic carbocycles. The summed E-state index contributed by atoms with van der Waals surface area (Å²) in [6, 6.07) is 0. The van der Waals surface area contributed by atoms with Crippen LogP contribution in [0.4, 0.5) is 0 Å². The highest BCUT2D eigenvalue weighted by molar-refractivity contribution is 4.86. The molecule has 0 heteroatoms. The second kappa shape index (κ2) is 3.81. The van der Waals surface area contributed by atoms with Crippen LogP contribution in [0.15, 0.2) is 0 Å². The number of rotatable bonds is 6. The summed E-state index contributed by atoms with van der Waals surface area (Å²) in [5.41, 5.74) is 0. The Morgan fingerprint density at radius 3 is 2.42 bits per heavy atom. The minimum absolute atomic E-state index is 1.15. The third kappa shape index (κ3) is 2.50. The molecular formula is C12H22. The first-order valence-electron chi connectivity index (χ1n) is 5.90. The van der Waals surface area contributed by atoms with Gasteiger partial charge in [0.05, 0.1) is 0 Å². The molecule has 0 radical (unpaired) electrons. The van der Waals surface area contributed by atoms with Crippen LogP contribution < -0.4 is 0 Å². The summed E-state index contributed by atoms with van der Waals surface area (Å²) in [6.45, 7) is 2.32. The molecule has 2 fully saturated rings. The zero-order valence-electron chi connectivity index (χ0n) is 8.39. The Morgan fingerprint density at radius 1 is 1.00 bits per heavy atom. The molecule has 2 rings (SSSR count). The summed E-state index contributed by atoms with van der Waals surface area (Å²) >= 11 is 0. The van der Waals surface area contributed by atoms with Crippen molar-refractivity contribution in [3.63, 3.8) is 0 Å². The molecule has 0 aromatic carbocycles. The molecule has 0 nitrogen and oxygen atoms in total. The molecule has 0 N–H and O–H groups in total. The molecule has 70 valence electrons. The van der Waals surface area contributed by atoms with Gasteiger partial charge in [-0.25, -0.2) is 0 Å². The monoisotopic (exact) mass is 166 g/mol. The Bertz CT molecular complexity index is 135. The van der Waals surface area contributed by atoms with Crippen LogP contribution in [-0.2, 0) is 0 Å². The maximum Gasteiger partial charge on any atom is -0.0383 e. The molecule has 0 aromatic rings. The highest BCUT2D eigenvalue weighted by atomic mass is 14.4. The molecule has 0 bridgehead atoms. The average molecular weight is 166 g/mol. The lowest BCUT2D eigenvalue weighted by molar-refractivity contribution is 0.545. The van der Waals surface area contributed by atoms with Gasteiger partial charge in [0.15, 0.2) is 0 Å². The standard InChI is InChI=1S/C12H22/c1-2-4-11-9-12(11)6-3-5-10-7-8-10/h10-12H,2-9H2,1H3/t11-,12-/m0/s1. The Morgan fingerprint density at radius 2 is 1.75 bits per heavy atom. The van der Waals surface area contributed by atoms with Crippen LogP contribution in [0, 0.1) is 17.8 Å². The molecule has 0 aliphatic heterocycles. The fourth-order valence-electron chi connectivity index (χ4n) is 2.46. The van der Waals surface area contributed by atoms with Gasteiger partial charge in [-0.05, 0) is 24.2 Å². The van der Waals surface area contributed by atoms with Crippen LogP contribution in [0.3, 0.4) is 0 Å². The largest absolute Gasteiger partial charge is 0.0654 e. The van der Waals surface area contributed by atoms with Gasteiger partial charge in [0, 0.05) is 0 Å². The van der Waals surface area contributed by atoms with Gasteiger partial charge >= 0.3 is 0 Å². The summed E-state index contributed by atoms with van der Waals surface area (Å²) in [7, 11) is 0. The van der Waals surface area contributed by atoms with Crippen molar-refractivity contribution in [3.8, 4) is 0 Å². The fraction of sp³-hybridized carbons (Fsp3) is 1.00. The van der Waals surface area contributed by atoms with Crippen molar-refractivity contribution in [1.29, 1.82) is 0 Å². The van der Waals surface area contributed by atoms with E-state index in [0.29, 0.717) is 0 Å². The molecule has 0 unspecified atom stereocenters. The van der Waals surface area contributed by atoms with Gasteiger partial charge in [0.2, 0.25) is 0 Å². The smallest absolute Gasteiger partial charge is 0.0383 e. The van der Waals surface area contributed by atoms with Gasteiger partial charge in [-0.15, -0.1) is 0 Å². The molecule has 2 aliphatic rings. The third-order valence-corrected chi connectivity index (χ3v) is 3.61. The third-order valence-electron chi connectivity index (χ3n) is 3.61. The van der Waals surface area contributed by atoms with Crippen LogP contribution in [0.2, 0.25) is 0 Å². The van der Waals surface area contributed by atoms with E-state index in [1.807, 2.05) is 0 Å². The van der Waals surface area contributed by atoms with Gasteiger partial charge in [0.1, 0.15) is 0 Å². The minimum atomic E-state index is 1.15. The van der Waals surface area contributed by atoms with Crippen molar-refractivity contribution in [2.45, 2.75) is 58.3 Å². The second-order valence-corrected chi connectivity index (χ2v) is 4.92. The van der Waals surface area contributed by atoms with E-state index >= 15 is 0 Å². The molecule has 0 heterocycles. The van der Waals surface area contributed by atoms with Crippen LogP contribution >= 0.6 is 0 Å². The zero-order chi connectivity index (χ0) is 8.39. The molecule has 2 atom stereocenters. The van der Waals surface area contributed by atoms with Gasteiger partial charge in [-0.3, -0.25) is 0 Å². The summed E-state index contributed by atoms with van der Waals surface area (Å²) in [6.07, 6.45) is 12.2. The van der Waals surface area contributed by atoms with Crippen LogP contribution in [-0.4, -0.2) is 0 Å². The van der Waals surface area contributed by atoms with Crippen molar-refractivity contribution in [1.82, 2.24) is 0 Å². The quantitative estimate of drug-likeness (QED) is 0.559. The Labute approximate surface area is 76.7 Å². The highest BCUT2D eigenvalue weighted by Crippen LogP contribution is 2.46. The van der Waals surface area contributed by atoms with Gasteiger partial charge < -0.3 is 0 Å². The first-order chi connectivity index (χ1) is 5.90. The maximum absolute atomic E-state index is 2.32. The molecule has 0 aromatic heterocycles. The van der Waals surface area contributed by atoms with E-state index in [1.165, 1.54) is 19.3 Å². The van der Waals surface area contributed by atoms with Crippen molar-refractivity contribution in [3.05, 3.63) is 0 Å². The minimum Gasteiger partial charge on any atom is -0.0654 e. The topological polar surface area (TPSA) is 0 Å². The Hall–Kier alpha value is 0. The molecule has 0 amide bonds. The number of hydrogen-bond acceptors (Lipinski definition) is 0. The van der Waals surface area contributed by atoms with E-state index in [-0.39, 0.29) is 0 Å². The van der Waals surface area contributed by atoms with Crippen molar-refractivity contribution in [2.24, 2.45) is 17.8 Å². The Balaban J connectivity index is 1.46. The van der Waals surface area contributed by atoms with Crippen molar-refractivity contribution < 1.29 is 0 Å². The van der Waals surface area contributed by atoms with Gasteiger partial charge in [0.25, 0.3) is 0 Å². The van der Waals surface area contributed by atoms with Gasteiger partial charge in [-0.2, -0.15) is 0 Å². The van der Waals surface area contributed by atoms with Crippen LogP contribution in [0.25, 0.3) is 0 Å². The predicted molar refractivity (Wildman–Crippen MR) is 53.1 cm³/mol. The van der Waals surface area contributed by atoms with E-state index in [4.69, 9.17) is 0 Å². The molecule has 0 spiro atoms. The summed E-state index contributed by atoms with van der Waals surface area (Å²) in [5.74, 6) is 3.46. The molecular weight excluding hydrogens is 144 g/mol. The molecule has 0 saturated heterocycles. The summed E-state index contributed by atoms with van der Waals surface area (Å²) < 4.78 is 0. The molecule has 2 saturated carbocycles. The van der Waals surface area contributed by atoms with Crippen molar-refractivity contribution >= 4 is 0 Å². The average Bonchev–Trinajstić information content (AvgIpc) is 2.88. The van der Waals surface area contributed by atoms with Crippen LogP contribution in [0.5, 0.6) is 0 Å². The Kier molecular flexibility index (Phi) is 2.73. The van der Waals surface area contributed by atoms with E-state index < -0.39 is 0 Å². The zero-order valence-corrected chi connectivity index (χ0v) is 8.39. The second-order valence-electron chi connectivity index (χ2n) is 4.92.